The van der Waals surface area contributed by atoms with Gasteiger partial charge in [0.25, 0.3) is 0 Å². The molecule has 2 atom stereocenters. The molecule has 37 heavy (non-hydrogen) atoms. The number of aromatic nitrogens is 2. The Kier molecular flexibility index (Phi) is 7.47. The van der Waals surface area contributed by atoms with Crippen LogP contribution in [0.1, 0.15) is 44.7 Å². The monoisotopic (exact) mass is 527 g/mol. The number of benzene rings is 1. The quantitative estimate of drug-likeness (QED) is 0.630. The Morgan fingerprint density at radius 2 is 1.68 bits per heavy atom. The summed E-state index contributed by atoms with van der Waals surface area (Å²) in [5.74, 6) is 0.442. The second-order valence-electron chi connectivity index (χ2n) is 11.5. The number of nitrogen functional groups attached to an aromatic ring is 1. The van der Waals surface area contributed by atoms with Crippen molar-refractivity contribution < 1.29 is 9.53 Å². The zero-order chi connectivity index (χ0) is 26.2. The van der Waals surface area contributed by atoms with Gasteiger partial charge in [-0.2, -0.15) is 0 Å². The number of amides is 1. The fourth-order valence-corrected chi connectivity index (χ4v) is 5.92. The van der Waals surface area contributed by atoms with E-state index in [0.29, 0.717) is 36.1 Å². The number of carbonyl (C=O) groups excluding carboxylic acids is 1. The maximum absolute atomic E-state index is 12.4. The first-order chi connectivity index (χ1) is 17.6. The summed E-state index contributed by atoms with van der Waals surface area (Å²) >= 11 is 6.10. The van der Waals surface area contributed by atoms with Crippen LogP contribution < -0.4 is 10.6 Å². The maximum atomic E-state index is 12.4. The van der Waals surface area contributed by atoms with Gasteiger partial charge in [0.05, 0.1) is 5.69 Å². The number of hydrogen-bond acceptors (Lipinski definition) is 8. The lowest BCUT2D eigenvalue weighted by atomic mass is 10.1. The van der Waals surface area contributed by atoms with Crippen LogP contribution in [0.25, 0.3) is 0 Å². The Morgan fingerprint density at radius 3 is 2.32 bits per heavy atom. The van der Waals surface area contributed by atoms with Crippen LogP contribution in [-0.2, 0) is 17.8 Å². The zero-order valence-electron chi connectivity index (χ0n) is 22.1. The average Bonchev–Trinajstić information content (AvgIpc) is 3.06. The fraction of sp³-hybridized carbons (Fsp3) is 0.593. The second kappa shape index (κ2) is 10.6. The molecule has 1 aromatic carbocycles. The first kappa shape index (κ1) is 26.0. The lowest BCUT2D eigenvalue weighted by Gasteiger charge is -2.42. The minimum Gasteiger partial charge on any atom is -0.444 e. The van der Waals surface area contributed by atoms with Gasteiger partial charge < -0.3 is 20.3 Å². The van der Waals surface area contributed by atoms with Crippen LogP contribution in [-0.4, -0.2) is 87.9 Å². The second-order valence-corrected chi connectivity index (χ2v) is 11.9. The van der Waals surface area contributed by atoms with Crippen molar-refractivity contribution in [2.45, 2.75) is 64.4 Å². The molecule has 3 saturated heterocycles. The normalized spacial score (nSPS) is 22.9. The predicted octanol–water partition coefficient (Wildman–Crippen LogP) is 3.62. The molecule has 10 heteroatoms. The Bertz CT molecular complexity index is 1100. The molecule has 2 aromatic rings. The maximum Gasteiger partial charge on any atom is 0.410 e. The standard InChI is InChI=1S/C27H38ClN7O2/c1-27(2,3)37-26(36)33-11-9-32(10-12-33)15-19-5-4-6-20(13-19)16-35-21-7-8-22(35)18-34(17-21)23-14-24(28)30-31-25(23)29/h4-6,13-14,21-22H,7-12,15-18H2,1-3H3,(H2,29,31). The van der Waals surface area contributed by atoms with Gasteiger partial charge in [-0.15, -0.1) is 10.2 Å². The molecular weight excluding hydrogens is 490 g/mol. The number of halogens is 1. The molecular formula is C27H38ClN7O2. The third-order valence-electron chi connectivity index (χ3n) is 7.53. The summed E-state index contributed by atoms with van der Waals surface area (Å²) in [5.41, 5.74) is 9.22. The van der Waals surface area contributed by atoms with Crippen molar-refractivity contribution in [3.8, 4) is 0 Å². The molecule has 3 aliphatic heterocycles. The summed E-state index contributed by atoms with van der Waals surface area (Å²) in [6.07, 6.45) is 2.17. The number of rotatable bonds is 5. The summed E-state index contributed by atoms with van der Waals surface area (Å²) in [6, 6.07) is 11.8. The molecule has 2 unspecified atom stereocenters. The van der Waals surface area contributed by atoms with E-state index >= 15 is 0 Å². The number of nitrogens with two attached hydrogens (primary N) is 1. The number of piperazine rings is 2. The minimum absolute atomic E-state index is 0.213. The summed E-state index contributed by atoms with van der Waals surface area (Å²) in [6.45, 7) is 12.5. The smallest absolute Gasteiger partial charge is 0.410 e. The highest BCUT2D eigenvalue weighted by Crippen LogP contribution is 2.35. The van der Waals surface area contributed by atoms with Gasteiger partial charge in [-0.1, -0.05) is 35.9 Å². The number of anilines is 2. The van der Waals surface area contributed by atoms with E-state index in [-0.39, 0.29) is 6.09 Å². The molecule has 3 fully saturated rings. The average molecular weight is 528 g/mol. The van der Waals surface area contributed by atoms with Gasteiger partial charge in [0.2, 0.25) is 0 Å². The SMILES string of the molecule is CC(C)(C)OC(=O)N1CCN(Cc2cccc(CN3C4CCC3CN(c3cc(Cl)nnc3N)C4)c2)CC1. The van der Waals surface area contributed by atoms with E-state index < -0.39 is 5.60 Å². The Morgan fingerprint density at radius 1 is 1.03 bits per heavy atom. The third kappa shape index (κ3) is 6.27. The summed E-state index contributed by atoms with van der Waals surface area (Å²) in [7, 11) is 0. The largest absolute Gasteiger partial charge is 0.444 e. The number of hydrogen-bond donors (Lipinski definition) is 1. The molecule has 5 rings (SSSR count). The minimum atomic E-state index is -0.460. The van der Waals surface area contributed by atoms with Crippen molar-refractivity contribution in [3.63, 3.8) is 0 Å². The van der Waals surface area contributed by atoms with Crippen LogP contribution in [0.5, 0.6) is 0 Å². The van der Waals surface area contributed by atoms with Crippen LogP contribution in [0.2, 0.25) is 5.15 Å². The van der Waals surface area contributed by atoms with Crippen LogP contribution in [0.3, 0.4) is 0 Å². The van der Waals surface area contributed by atoms with Crippen LogP contribution in [0.15, 0.2) is 30.3 Å². The molecule has 0 radical (unpaired) electrons. The summed E-state index contributed by atoms with van der Waals surface area (Å²) in [5, 5.41) is 8.24. The molecule has 0 spiro atoms. The molecule has 9 nitrogen and oxygen atoms in total. The van der Waals surface area contributed by atoms with Gasteiger partial charge in [-0.25, -0.2) is 4.79 Å². The molecule has 3 aliphatic rings. The highest BCUT2D eigenvalue weighted by atomic mass is 35.5. The lowest BCUT2D eigenvalue weighted by Crippen LogP contribution is -2.53. The van der Waals surface area contributed by atoms with Crippen molar-refractivity contribution in [2.24, 2.45) is 0 Å². The summed E-state index contributed by atoms with van der Waals surface area (Å²) in [4.78, 5) is 21.6. The molecule has 2 bridgehead atoms. The predicted molar refractivity (Wildman–Crippen MR) is 146 cm³/mol. The van der Waals surface area contributed by atoms with Crippen molar-refractivity contribution in [1.29, 1.82) is 0 Å². The number of carbonyl (C=O) groups is 1. The van der Waals surface area contributed by atoms with E-state index in [4.69, 9.17) is 22.1 Å². The molecule has 0 saturated carbocycles. The Balaban J connectivity index is 1.16. The molecule has 0 aliphatic carbocycles. The molecule has 2 N–H and O–H groups in total. The van der Waals surface area contributed by atoms with Gasteiger partial charge in [0.15, 0.2) is 11.0 Å². The van der Waals surface area contributed by atoms with Crippen molar-refractivity contribution in [2.75, 3.05) is 49.9 Å². The Labute approximate surface area is 224 Å². The lowest BCUT2D eigenvalue weighted by molar-refractivity contribution is 0.0139. The number of ether oxygens (including phenoxy) is 1. The van der Waals surface area contributed by atoms with E-state index in [2.05, 4.69) is 49.2 Å². The van der Waals surface area contributed by atoms with Crippen LogP contribution in [0, 0.1) is 0 Å². The van der Waals surface area contributed by atoms with E-state index in [1.165, 1.54) is 24.0 Å². The number of nitrogens with zero attached hydrogens (tertiary/aromatic N) is 6. The first-order valence-corrected chi connectivity index (χ1v) is 13.6. The highest BCUT2D eigenvalue weighted by Gasteiger charge is 2.40. The van der Waals surface area contributed by atoms with Gasteiger partial charge >= 0.3 is 6.09 Å². The molecule has 200 valence electrons. The van der Waals surface area contributed by atoms with E-state index in [1.54, 1.807) is 0 Å². The first-order valence-electron chi connectivity index (χ1n) is 13.2. The van der Waals surface area contributed by atoms with Crippen LogP contribution >= 0.6 is 11.6 Å². The topological polar surface area (TPSA) is 91.1 Å². The Hall–Kier alpha value is -2.62. The van der Waals surface area contributed by atoms with E-state index in [9.17, 15) is 4.79 Å². The van der Waals surface area contributed by atoms with Crippen LogP contribution in [0.4, 0.5) is 16.3 Å². The van der Waals surface area contributed by atoms with E-state index in [1.807, 2.05) is 31.7 Å². The number of fused-ring (bicyclic) bond motifs is 2. The fourth-order valence-electron chi connectivity index (χ4n) is 5.78. The van der Waals surface area contributed by atoms with Gasteiger partial charge in [0, 0.05) is 70.5 Å². The zero-order valence-corrected chi connectivity index (χ0v) is 22.8. The van der Waals surface area contributed by atoms with Gasteiger partial charge in [0.1, 0.15) is 5.60 Å². The summed E-state index contributed by atoms with van der Waals surface area (Å²) < 4.78 is 5.53. The van der Waals surface area contributed by atoms with Crippen molar-refractivity contribution in [1.82, 2.24) is 24.9 Å². The highest BCUT2D eigenvalue weighted by molar-refractivity contribution is 6.29. The van der Waals surface area contributed by atoms with E-state index in [0.717, 1.165) is 45.0 Å². The molecule has 1 aromatic heterocycles. The molecule has 4 heterocycles. The third-order valence-corrected chi connectivity index (χ3v) is 7.72. The van der Waals surface area contributed by atoms with Gasteiger partial charge in [-0.3, -0.25) is 9.80 Å². The molecule has 1 amide bonds. The van der Waals surface area contributed by atoms with Crippen molar-refractivity contribution in [3.05, 3.63) is 46.6 Å². The van der Waals surface area contributed by atoms with Crippen molar-refractivity contribution >= 4 is 29.2 Å². The van der Waals surface area contributed by atoms with Gasteiger partial charge in [-0.05, 0) is 44.7 Å².